The molecule has 2 aromatic rings. The van der Waals surface area contributed by atoms with E-state index in [-0.39, 0.29) is 0 Å². The van der Waals surface area contributed by atoms with Crippen molar-refractivity contribution >= 4 is 16.5 Å². The van der Waals surface area contributed by atoms with E-state index in [0.717, 1.165) is 11.8 Å². The van der Waals surface area contributed by atoms with E-state index in [1.807, 2.05) is 0 Å². The summed E-state index contributed by atoms with van der Waals surface area (Å²) in [5.74, 6) is 2.50. The quantitative estimate of drug-likeness (QED) is 0.638. The normalized spacial score (nSPS) is 25.2. The molecule has 1 heterocycles. The predicted octanol–water partition coefficient (Wildman–Crippen LogP) is 6.67. The average molecular weight is 307 g/mol. The van der Waals surface area contributed by atoms with Crippen LogP contribution in [0.1, 0.15) is 76.3 Å². The minimum absolute atomic E-state index is 0.588. The molecule has 4 rings (SSSR count). The van der Waals surface area contributed by atoms with Gasteiger partial charge in [-0.15, -0.1) is 0 Å². The highest BCUT2D eigenvalue weighted by molar-refractivity contribution is 5.93. The van der Waals surface area contributed by atoms with Crippen molar-refractivity contribution in [1.82, 2.24) is 4.98 Å². The molecule has 1 heteroatoms. The lowest BCUT2D eigenvalue weighted by molar-refractivity contribution is 0.380. The Labute approximate surface area is 140 Å². The molecule has 0 bridgehead atoms. The van der Waals surface area contributed by atoms with Crippen molar-refractivity contribution in [3.05, 3.63) is 41.1 Å². The van der Waals surface area contributed by atoms with Gasteiger partial charge in [0.15, 0.2) is 0 Å². The van der Waals surface area contributed by atoms with Crippen LogP contribution >= 0.6 is 0 Å². The molecule has 23 heavy (non-hydrogen) atoms. The summed E-state index contributed by atoms with van der Waals surface area (Å²) < 4.78 is 0. The van der Waals surface area contributed by atoms with E-state index in [2.05, 4.69) is 50.2 Å². The summed E-state index contributed by atoms with van der Waals surface area (Å²) in [6.07, 6.45) is 10.6. The van der Waals surface area contributed by atoms with Crippen LogP contribution in [0.2, 0.25) is 0 Å². The van der Waals surface area contributed by atoms with E-state index in [0.29, 0.717) is 5.92 Å². The van der Waals surface area contributed by atoms with E-state index < -0.39 is 0 Å². The highest BCUT2D eigenvalue weighted by atomic mass is 14.7. The van der Waals surface area contributed by atoms with Crippen molar-refractivity contribution in [1.29, 1.82) is 0 Å². The number of allylic oxidation sites excluding steroid dienone is 2. The summed E-state index contributed by atoms with van der Waals surface area (Å²) in [6, 6.07) is 6.96. The van der Waals surface area contributed by atoms with E-state index in [1.165, 1.54) is 60.6 Å². The number of H-pyrrole nitrogens is 1. The van der Waals surface area contributed by atoms with Gasteiger partial charge >= 0.3 is 0 Å². The summed E-state index contributed by atoms with van der Waals surface area (Å²) in [5, 5.41) is 1.43. The summed E-state index contributed by atoms with van der Waals surface area (Å²) >= 11 is 0. The first-order valence-electron chi connectivity index (χ1n) is 9.43. The molecule has 2 unspecified atom stereocenters. The van der Waals surface area contributed by atoms with Crippen molar-refractivity contribution in [2.24, 2.45) is 11.8 Å². The third-order valence-electron chi connectivity index (χ3n) is 6.39. The Hall–Kier alpha value is -1.50. The second-order valence-electron chi connectivity index (χ2n) is 8.11. The molecule has 0 aliphatic heterocycles. The molecule has 1 aromatic heterocycles. The van der Waals surface area contributed by atoms with E-state index in [1.54, 1.807) is 11.1 Å². The van der Waals surface area contributed by atoms with Crippen LogP contribution in [0, 0.1) is 11.8 Å². The molecule has 122 valence electrons. The summed E-state index contributed by atoms with van der Waals surface area (Å²) in [7, 11) is 0. The highest BCUT2D eigenvalue weighted by Gasteiger charge is 2.31. The minimum atomic E-state index is 0.588. The van der Waals surface area contributed by atoms with Crippen LogP contribution in [0.15, 0.2) is 30.0 Å². The van der Waals surface area contributed by atoms with Crippen LogP contribution in [0.4, 0.5) is 0 Å². The molecular weight excluding hydrogens is 278 g/mol. The molecule has 0 amide bonds. The van der Waals surface area contributed by atoms with Crippen molar-refractivity contribution in [2.75, 3.05) is 0 Å². The standard InChI is InChI=1S/C22H29N/c1-14(2)17-9-10-22-20(11-17)21(13-23-22)19-12-18-6-4-5-16(18)8-7-15(19)3/h9-11,13-14,16,18,23H,4-8,12H2,1-3H3. The number of hydrogen-bond acceptors (Lipinski definition) is 0. The van der Waals surface area contributed by atoms with Crippen molar-refractivity contribution in [3.63, 3.8) is 0 Å². The lowest BCUT2D eigenvalue weighted by atomic mass is 9.87. The van der Waals surface area contributed by atoms with Crippen LogP contribution < -0.4 is 0 Å². The van der Waals surface area contributed by atoms with Crippen molar-refractivity contribution in [2.45, 2.75) is 65.2 Å². The second-order valence-corrected chi connectivity index (χ2v) is 8.11. The molecule has 1 nitrogen and oxygen atoms in total. The Bertz CT molecular complexity index is 746. The first-order valence-corrected chi connectivity index (χ1v) is 9.43. The lowest BCUT2D eigenvalue weighted by Gasteiger charge is -2.17. The SMILES string of the molecule is CC1=C(c2c[nH]c3ccc(C(C)C)cc23)CC2CCCC2CC1. The van der Waals surface area contributed by atoms with Crippen molar-refractivity contribution < 1.29 is 0 Å². The maximum Gasteiger partial charge on any atom is 0.0460 e. The second kappa shape index (κ2) is 5.85. The van der Waals surface area contributed by atoms with Gasteiger partial charge in [-0.2, -0.15) is 0 Å². The fraction of sp³-hybridized carbons (Fsp3) is 0.545. The highest BCUT2D eigenvalue weighted by Crippen LogP contribution is 2.46. The molecule has 1 aromatic carbocycles. The number of nitrogens with one attached hydrogen (secondary N) is 1. The molecule has 2 aliphatic rings. The van der Waals surface area contributed by atoms with Gasteiger partial charge in [0.2, 0.25) is 0 Å². The van der Waals surface area contributed by atoms with E-state index >= 15 is 0 Å². The van der Waals surface area contributed by atoms with Crippen LogP contribution in [0.5, 0.6) is 0 Å². The number of aromatic nitrogens is 1. The lowest BCUT2D eigenvalue weighted by Crippen LogP contribution is -2.06. The largest absolute Gasteiger partial charge is 0.361 e. The van der Waals surface area contributed by atoms with Crippen LogP contribution in [-0.4, -0.2) is 4.98 Å². The van der Waals surface area contributed by atoms with Gasteiger partial charge in [0.1, 0.15) is 0 Å². The van der Waals surface area contributed by atoms with Gasteiger partial charge < -0.3 is 4.98 Å². The zero-order chi connectivity index (χ0) is 16.0. The number of aromatic amines is 1. The molecule has 1 fully saturated rings. The van der Waals surface area contributed by atoms with Gasteiger partial charge in [-0.1, -0.05) is 38.3 Å². The number of rotatable bonds is 2. The van der Waals surface area contributed by atoms with Crippen LogP contribution in [0.3, 0.4) is 0 Å². The summed E-state index contributed by atoms with van der Waals surface area (Å²) in [4.78, 5) is 3.52. The topological polar surface area (TPSA) is 15.8 Å². The molecule has 1 N–H and O–H groups in total. The van der Waals surface area contributed by atoms with Crippen molar-refractivity contribution in [3.8, 4) is 0 Å². The first-order chi connectivity index (χ1) is 11.1. The number of benzene rings is 1. The van der Waals surface area contributed by atoms with E-state index in [4.69, 9.17) is 0 Å². The first kappa shape index (κ1) is 15.1. The van der Waals surface area contributed by atoms with Gasteiger partial charge in [-0.25, -0.2) is 0 Å². The van der Waals surface area contributed by atoms with Gasteiger partial charge in [0, 0.05) is 22.7 Å². The number of hydrogen-bond donors (Lipinski definition) is 1. The summed E-state index contributed by atoms with van der Waals surface area (Å²) in [6.45, 7) is 6.95. The van der Waals surface area contributed by atoms with E-state index in [9.17, 15) is 0 Å². The minimum Gasteiger partial charge on any atom is -0.361 e. The van der Waals surface area contributed by atoms with Gasteiger partial charge in [0.25, 0.3) is 0 Å². The van der Waals surface area contributed by atoms with Crippen LogP contribution in [-0.2, 0) is 0 Å². The smallest absolute Gasteiger partial charge is 0.0460 e. The molecule has 0 radical (unpaired) electrons. The maximum absolute atomic E-state index is 3.52. The third-order valence-corrected chi connectivity index (χ3v) is 6.39. The van der Waals surface area contributed by atoms with Gasteiger partial charge in [-0.05, 0) is 73.6 Å². The molecule has 2 aliphatic carbocycles. The Kier molecular flexibility index (Phi) is 3.83. The average Bonchev–Trinajstić information content (AvgIpc) is 3.13. The monoisotopic (exact) mass is 307 g/mol. The number of fused-ring (bicyclic) bond motifs is 2. The molecular formula is C22H29N. The Morgan fingerprint density at radius 1 is 1.09 bits per heavy atom. The molecule has 2 atom stereocenters. The Balaban J connectivity index is 1.79. The summed E-state index contributed by atoms with van der Waals surface area (Å²) in [5.41, 5.74) is 7.50. The zero-order valence-corrected chi connectivity index (χ0v) is 14.8. The van der Waals surface area contributed by atoms with Gasteiger partial charge in [0.05, 0.1) is 0 Å². The Morgan fingerprint density at radius 3 is 2.74 bits per heavy atom. The molecule has 0 spiro atoms. The molecule has 0 saturated heterocycles. The Morgan fingerprint density at radius 2 is 1.91 bits per heavy atom. The van der Waals surface area contributed by atoms with Crippen LogP contribution in [0.25, 0.3) is 16.5 Å². The fourth-order valence-corrected chi connectivity index (χ4v) is 4.84. The third kappa shape index (κ3) is 2.65. The fourth-order valence-electron chi connectivity index (χ4n) is 4.84. The predicted molar refractivity (Wildman–Crippen MR) is 99.7 cm³/mol. The molecule has 1 saturated carbocycles. The zero-order valence-electron chi connectivity index (χ0n) is 14.8. The van der Waals surface area contributed by atoms with Gasteiger partial charge in [-0.3, -0.25) is 0 Å². The maximum atomic E-state index is 3.52.